The monoisotopic (exact) mass is 411 g/mol. The van der Waals surface area contributed by atoms with E-state index in [-0.39, 0.29) is 23.8 Å². The molecule has 3 aliphatic rings. The molecule has 5 rings (SSSR count). The van der Waals surface area contributed by atoms with E-state index >= 15 is 0 Å². The number of imidazole rings is 1. The molecule has 1 aromatic carbocycles. The molecule has 3 aliphatic heterocycles. The van der Waals surface area contributed by atoms with E-state index in [1.807, 2.05) is 38.6 Å². The molecule has 0 radical (unpaired) electrons. The number of ether oxygens (including phenoxy) is 1. The second kappa shape index (κ2) is 8.00. The largest absolute Gasteiger partial charge is 0.379 e. The number of hydrogen-bond donors (Lipinski definition) is 0. The summed E-state index contributed by atoms with van der Waals surface area (Å²) in [6, 6.07) is 7.83. The molecule has 8 heteroatoms. The van der Waals surface area contributed by atoms with Crippen molar-refractivity contribution < 1.29 is 14.3 Å². The number of carbonyl (C=O) groups is 2. The Balaban J connectivity index is 1.18. The van der Waals surface area contributed by atoms with Gasteiger partial charge in [-0.2, -0.15) is 0 Å². The molecule has 2 aromatic rings. The Labute approximate surface area is 176 Å². The van der Waals surface area contributed by atoms with Gasteiger partial charge in [0.05, 0.1) is 36.0 Å². The summed E-state index contributed by atoms with van der Waals surface area (Å²) >= 11 is 0. The van der Waals surface area contributed by atoms with Crippen molar-refractivity contribution in [1.29, 1.82) is 0 Å². The number of hydrogen-bond acceptors (Lipinski definition) is 5. The van der Waals surface area contributed by atoms with Crippen LogP contribution in [0.1, 0.15) is 12.8 Å². The fraction of sp³-hybridized carbons (Fsp3) is 0.591. The van der Waals surface area contributed by atoms with Crippen LogP contribution in [-0.4, -0.2) is 95.1 Å². The molecule has 3 saturated heterocycles. The molecule has 1 unspecified atom stereocenters. The van der Waals surface area contributed by atoms with Gasteiger partial charge >= 0.3 is 0 Å². The number of carbonyl (C=O) groups excluding carboxylic acids is 2. The van der Waals surface area contributed by atoms with E-state index in [0.29, 0.717) is 13.1 Å². The van der Waals surface area contributed by atoms with Crippen molar-refractivity contribution in [3.8, 4) is 0 Å². The van der Waals surface area contributed by atoms with Crippen molar-refractivity contribution in [2.75, 3.05) is 59.0 Å². The number of rotatable bonds is 5. The molecule has 1 aromatic heterocycles. The average Bonchev–Trinajstić information content (AvgIpc) is 3.47. The molecule has 1 atom stereocenters. The second-order valence-electron chi connectivity index (χ2n) is 8.70. The van der Waals surface area contributed by atoms with Gasteiger partial charge in [0.15, 0.2) is 0 Å². The average molecular weight is 412 g/mol. The smallest absolute Gasteiger partial charge is 0.242 e. The Morgan fingerprint density at radius 1 is 1.07 bits per heavy atom. The highest BCUT2D eigenvalue weighted by atomic mass is 16.5. The van der Waals surface area contributed by atoms with Crippen LogP contribution in [0.5, 0.6) is 0 Å². The molecule has 30 heavy (non-hydrogen) atoms. The zero-order chi connectivity index (χ0) is 20.6. The number of aromatic nitrogens is 2. The first-order chi connectivity index (χ1) is 14.6. The maximum absolute atomic E-state index is 13.2. The van der Waals surface area contributed by atoms with Gasteiger partial charge in [-0.25, -0.2) is 4.98 Å². The molecule has 0 bridgehead atoms. The molecule has 0 aliphatic carbocycles. The summed E-state index contributed by atoms with van der Waals surface area (Å²) in [6.07, 6.45) is 3.35. The lowest BCUT2D eigenvalue weighted by Crippen LogP contribution is -2.44. The Morgan fingerprint density at radius 2 is 1.87 bits per heavy atom. The van der Waals surface area contributed by atoms with Crippen LogP contribution in [-0.2, 0) is 20.9 Å². The van der Waals surface area contributed by atoms with E-state index in [9.17, 15) is 9.59 Å². The summed E-state index contributed by atoms with van der Waals surface area (Å²) in [5, 5.41) is 0. The quantitative estimate of drug-likeness (QED) is 0.729. The number of benzene rings is 1. The van der Waals surface area contributed by atoms with Gasteiger partial charge in [-0.15, -0.1) is 0 Å². The normalized spacial score (nSPS) is 25.1. The molecule has 3 fully saturated rings. The molecular weight excluding hydrogens is 382 g/mol. The van der Waals surface area contributed by atoms with Crippen molar-refractivity contribution in [3.63, 3.8) is 0 Å². The summed E-state index contributed by atoms with van der Waals surface area (Å²) in [5.74, 6) is 0.300. The topological polar surface area (TPSA) is 70.9 Å². The van der Waals surface area contributed by atoms with Crippen molar-refractivity contribution in [2.45, 2.75) is 19.4 Å². The van der Waals surface area contributed by atoms with E-state index in [1.54, 1.807) is 6.33 Å². The molecule has 2 amide bonds. The minimum atomic E-state index is -0.377. The predicted molar refractivity (Wildman–Crippen MR) is 112 cm³/mol. The lowest BCUT2D eigenvalue weighted by Gasteiger charge is -2.29. The van der Waals surface area contributed by atoms with Crippen LogP contribution < -0.4 is 0 Å². The van der Waals surface area contributed by atoms with Gasteiger partial charge in [0.2, 0.25) is 11.8 Å². The summed E-state index contributed by atoms with van der Waals surface area (Å²) in [6.45, 7) is 7.40. The predicted octanol–water partition coefficient (Wildman–Crippen LogP) is 0.820. The third-order valence-corrected chi connectivity index (χ3v) is 6.93. The summed E-state index contributed by atoms with van der Waals surface area (Å²) in [5.41, 5.74) is 1.48. The van der Waals surface area contributed by atoms with Crippen LogP contribution in [0.2, 0.25) is 0 Å². The van der Waals surface area contributed by atoms with Crippen molar-refractivity contribution in [2.24, 2.45) is 5.41 Å². The zero-order valence-electron chi connectivity index (χ0n) is 17.3. The minimum Gasteiger partial charge on any atom is -0.379 e. The van der Waals surface area contributed by atoms with Gasteiger partial charge in [-0.1, -0.05) is 12.1 Å². The molecule has 160 valence electrons. The van der Waals surface area contributed by atoms with Crippen LogP contribution in [0.15, 0.2) is 30.6 Å². The Kier molecular flexibility index (Phi) is 5.20. The van der Waals surface area contributed by atoms with Crippen molar-refractivity contribution >= 4 is 22.8 Å². The Hall–Kier alpha value is -2.45. The summed E-state index contributed by atoms with van der Waals surface area (Å²) < 4.78 is 7.30. The fourth-order valence-electron chi connectivity index (χ4n) is 5.04. The SMILES string of the molecule is O=C(Cn1cnc2ccccc21)N1CCC2(CCN(CCN3CCOCC3)C2=O)C1. The number of amides is 2. The van der Waals surface area contributed by atoms with Crippen LogP contribution in [0, 0.1) is 5.41 Å². The van der Waals surface area contributed by atoms with Crippen LogP contribution in [0.4, 0.5) is 0 Å². The minimum absolute atomic E-state index is 0.0644. The number of likely N-dealkylation sites (tertiary alicyclic amines) is 2. The van der Waals surface area contributed by atoms with Gasteiger partial charge in [0.1, 0.15) is 6.54 Å². The third kappa shape index (κ3) is 3.58. The van der Waals surface area contributed by atoms with Crippen molar-refractivity contribution in [3.05, 3.63) is 30.6 Å². The lowest BCUT2D eigenvalue weighted by atomic mass is 9.85. The maximum atomic E-state index is 13.2. The number of para-hydroxylation sites is 2. The first-order valence-corrected chi connectivity index (χ1v) is 10.9. The van der Waals surface area contributed by atoms with E-state index in [1.165, 1.54) is 0 Å². The van der Waals surface area contributed by atoms with Gasteiger partial charge in [0, 0.05) is 45.8 Å². The third-order valence-electron chi connectivity index (χ3n) is 6.93. The highest BCUT2D eigenvalue weighted by molar-refractivity contribution is 5.87. The van der Waals surface area contributed by atoms with E-state index in [2.05, 4.69) is 9.88 Å². The molecule has 0 N–H and O–H groups in total. The zero-order valence-corrected chi connectivity index (χ0v) is 17.3. The Morgan fingerprint density at radius 3 is 2.73 bits per heavy atom. The second-order valence-corrected chi connectivity index (χ2v) is 8.70. The number of nitrogens with zero attached hydrogens (tertiary/aromatic N) is 5. The number of fused-ring (bicyclic) bond motifs is 1. The number of morpholine rings is 1. The maximum Gasteiger partial charge on any atom is 0.242 e. The Bertz CT molecular complexity index is 938. The van der Waals surface area contributed by atoms with Crippen molar-refractivity contribution in [1.82, 2.24) is 24.3 Å². The molecule has 8 nitrogen and oxygen atoms in total. The molecule has 1 spiro atoms. The highest BCUT2D eigenvalue weighted by Gasteiger charge is 2.51. The molecule has 0 saturated carbocycles. The van der Waals surface area contributed by atoms with Gasteiger partial charge in [0.25, 0.3) is 0 Å². The lowest BCUT2D eigenvalue weighted by molar-refractivity contribution is -0.136. The van der Waals surface area contributed by atoms with E-state index < -0.39 is 0 Å². The van der Waals surface area contributed by atoms with E-state index in [0.717, 1.165) is 69.8 Å². The molecule has 4 heterocycles. The first kappa shape index (κ1) is 19.5. The first-order valence-electron chi connectivity index (χ1n) is 10.9. The highest BCUT2D eigenvalue weighted by Crippen LogP contribution is 2.40. The fourth-order valence-corrected chi connectivity index (χ4v) is 5.04. The van der Waals surface area contributed by atoms with E-state index in [4.69, 9.17) is 4.74 Å². The molecular formula is C22H29N5O3. The van der Waals surface area contributed by atoms with Crippen LogP contribution >= 0.6 is 0 Å². The van der Waals surface area contributed by atoms with Gasteiger partial charge in [-0.3, -0.25) is 14.5 Å². The standard InChI is InChI=1S/C22H29N5O3/c28-20(15-27-17-23-18-3-1-2-4-19(18)27)26-8-6-22(16-26)5-7-25(21(22)29)10-9-24-11-13-30-14-12-24/h1-4,17H,5-16H2. The summed E-state index contributed by atoms with van der Waals surface area (Å²) in [7, 11) is 0. The summed E-state index contributed by atoms with van der Waals surface area (Å²) in [4.78, 5) is 36.8. The van der Waals surface area contributed by atoms with Gasteiger partial charge < -0.3 is 19.1 Å². The van der Waals surface area contributed by atoms with Gasteiger partial charge in [-0.05, 0) is 25.0 Å². The van der Waals surface area contributed by atoms with Crippen LogP contribution in [0.3, 0.4) is 0 Å². The van der Waals surface area contributed by atoms with Crippen LogP contribution in [0.25, 0.3) is 11.0 Å².